The maximum atomic E-state index is 12.5. The number of phenolic OH excluding ortho intramolecular Hbond substituents is 1. The van der Waals surface area contributed by atoms with E-state index in [0.717, 1.165) is 30.3 Å². The molecule has 21 nitrogen and oxygen atoms in total. The van der Waals surface area contributed by atoms with Crippen LogP contribution in [0.1, 0.15) is 0 Å². The molecule has 0 aliphatic rings. The maximum absolute atomic E-state index is 12.5. The van der Waals surface area contributed by atoms with Crippen molar-refractivity contribution in [2.75, 3.05) is 5.73 Å². The highest BCUT2D eigenvalue weighted by atomic mass is 32.2. The fourth-order valence-corrected chi connectivity index (χ4v) is 9.21. The largest absolute Gasteiger partial charge is 0.505 e. The summed E-state index contributed by atoms with van der Waals surface area (Å²) < 4.78 is 136. The third-order valence-corrected chi connectivity index (χ3v) is 13.1. The minimum absolute atomic E-state index is 0.0174. The van der Waals surface area contributed by atoms with Crippen LogP contribution in [0.15, 0.2) is 166 Å². The van der Waals surface area contributed by atoms with Gasteiger partial charge in [0.25, 0.3) is 40.5 Å². The first kappa shape index (κ1) is 43.4. The average Bonchev–Trinajstić information content (AvgIpc) is 3.23. The van der Waals surface area contributed by atoms with Crippen LogP contribution in [0.25, 0.3) is 43.2 Å². The van der Waals surface area contributed by atoms with Crippen molar-refractivity contribution in [1.29, 1.82) is 0 Å². The SMILES string of the molecule is Nc1cc2c(O)c(/N=N/c3ccc(/N=N/c4ccc(/N=N/c5ccc6c(S(=O)(=O)O)cccc6c5)c5ncccc45)c4ccc(S(=O)(=O)O)cc34)c(S(=O)(=O)O)cc2cc1S(=O)(=O)O. The molecule has 1 heterocycles. The van der Waals surface area contributed by atoms with E-state index in [1.165, 1.54) is 48.7 Å². The number of nitrogen functional groups attached to an aromatic ring is 1. The van der Waals surface area contributed by atoms with Gasteiger partial charge >= 0.3 is 0 Å². The molecule has 324 valence electrons. The van der Waals surface area contributed by atoms with Gasteiger partial charge in [-0.1, -0.05) is 24.3 Å². The number of pyridine rings is 1. The summed E-state index contributed by atoms with van der Waals surface area (Å²) in [5.74, 6) is -0.921. The predicted molar refractivity (Wildman–Crippen MR) is 231 cm³/mol. The number of phenols is 1. The quantitative estimate of drug-likeness (QED) is 0.0422. The third-order valence-electron chi connectivity index (χ3n) is 9.60. The monoisotopic (exact) mass is 942 g/mol. The van der Waals surface area contributed by atoms with E-state index in [2.05, 4.69) is 35.7 Å². The zero-order valence-corrected chi connectivity index (χ0v) is 35.1. The zero-order valence-electron chi connectivity index (χ0n) is 31.8. The molecule has 8 rings (SSSR count). The summed E-state index contributed by atoms with van der Waals surface area (Å²) in [7, 11) is -19.4. The van der Waals surface area contributed by atoms with Crippen molar-refractivity contribution < 1.29 is 57.0 Å². The number of fused-ring (bicyclic) bond motifs is 4. The Bertz CT molecular complexity index is 3890. The van der Waals surface area contributed by atoms with Crippen molar-refractivity contribution in [3.63, 3.8) is 0 Å². The molecule has 0 aliphatic carbocycles. The number of benzene rings is 7. The van der Waals surface area contributed by atoms with Crippen LogP contribution in [-0.2, 0) is 40.5 Å². The number of aromatic nitrogens is 1. The molecule has 0 saturated heterocycles. The van der Waals surface area contributed by atoms with Gasteiger partial charge in [-0.15, -0.1) is 25.6 Å². The van der Waals surface area contributed by atoms with Gasteiger partial charge in [-0.05, 0) is 95.7 Å². The van der Waals surface area contributed by atoms with Gasteiger partial charge in [0, 0.05) is 33.1 Å². The fraction of sp³-hybridized carbons (Fsp3) is 0. The smallest absolute Gasteiger partial charge is 0.296 e. The first-order valence-corrected chi connectivity index (χ1v) is 23.6. The Morgan fingerprint density at radius 3 is 1.72 bits per heavy atom. The highest BCUT2D eigenvalue weighted by Gasteiger charge is 2.25. The summed E-state index contributed by atoms with van der Waals surface area (Å²) in [5.41, 5.74) is 5.80. The minimum Gasteiger partial charge on any atom is -0.505 e. The summed E-state index contributed by atoms with van der Waals surface area (Å²) in [4.78, 5) is 1.77. The van der Waals surface area contributed by atoms with E-state index >= 15 is 0 Å². The van der Waals surface area contributed by atoms with Gasteiger partial charge in [-0.2, -0.15) is 38.8 Å². The number of anilines is 1. The van der Waals surface area contributed by atoms with E-state index in [1.54, 1.807) is 36.4 Å². The Labute approximate surface area is 361 Å². The van der Waals surface area contributed by atoms with E-state index in [1.807, 2.05) is 0 Å². The fourth-order valence-electron chi connectivity index (χ4n) is 6.70. The van der Waals surface area contributed by atoms with Crippen LogP contribution in [0.3, 0.4) is 0 Å². The highest BCUT2D eigenvalue weighted by Crippen LogP contribution is 2.45. The van der Waals surface area contributed by atoms with Gasteiger partial charge in [0.15, 0.2) is 5.75 Å². The van der Waals surface area contributed by atoms with Crippen LogP contribution < -0.4 is 5.73 Å². The van der Waals surface area contributed by atoms with Crippen LogP contribution in [0.2, 0.25) is 0 Å². The molecule has 1 aromatic heterocycles. The van der Waals surface area contributed by atoms with Gasteiger partial charge in [-0.25, -0.2) is 0 Å². The molecule has 8 aromatic rings. The summed E-state index contributed by atoms with van der Waals surface area (Å²) >= 11 is 0. The Morgan fingerprint density at radius 2 is 1.05 bits per heavy atom. The molecule has 0 bridgehead atoms. The maximum Gasteiger partial charge on any atom is 0.296 e. The predicted octanol–water partition coefficient (Wildman–Crippen LogP) is 9.22. The normalized spacial score (nSPS) is 13.1. The Balaban J connectivity index is 1.18. The second-order valence-corrected chi connectivity index (χ2v) is 19.3. The number of rotatable bonds is 10. The van der Waals surface area contributed by atoms with E-state index in [9.17, 15) is 57.0 Å². The number of azo groups is 3. The molecule has 64 heavy (non-hydrogen) atoms. The van der Waals surface area contributed by atoms with Crippen LogP contribution in [0, 0.1) is 0 Å². The first-order valence-electron chi connectivity index (χ1n) is 17.8. The lowest BCUT2D eigenvalue weighted by atomic mass is 10.1. The molecule has 0 radical (unpaired) electrons. The van der Waals surface area contributed by atoms with E-state index in [4.69, 9.17) is 5.73 Å². The number of aromatic hydroxyl groups is 1. The topological polar surface area (TPSA) is 351 Å². The number of hydrogen-bond donors (Lipinski definition) is 6. The van der Waals surface area contributed by atoms with Gasteiger partial charge in [0.05, 0.1) is 38.8 Å². The van der Waals surface area contributed by atoms with Crippen LogP contribution in [-0.4, -0.2) is 62.0 Å². The van der Waals surface area contributed by atoms with Crippen molar-refractivity contribution in [1.82, 2.24) is 4.98 Å². The van der Waals surface area contributed by atoms with Crippen molar-refractivity contribution in [3.8, 4) is 5.75 Å². The van der Waals surface area contributed by atoms with Gasteiger partial charge < -0.3 is 10.8 Å². The van der Waals surface area contributed by atoms with Gasteiger partial charge in [0.1, 0.15) is 26.1 Å². The molecule has 7 N–H and O–H groups in total. The minimum atomic E-state index is -5.20. The van der Waals surface area contributed by atoms with Crippen LogP contribution in [0.4, 0.5) is 39.8 Å². The molecular formula is C39H26N8O13S4. The Hall–Kier alpha value is -7.23. The summed E-state index contributed by atoms with van der Waals surface area (Å²) in [5, 5.41) is 37.4. The molecular weight excluding hydrogens is 917 g/mol. The van der Waals surface area contributed by atoms with Crippen molar-refractivity contribution in [3.05, 3.63) is 115 Å². The van der Waals surface area contributed by atoms with Crippen LogP contribution in [0.5, 0.6) is 5.75 Å². The van der Waals surface area contributed by atoms with E-state index < -0.39 is 72.3 Å². The molecule has 0 saturated carbocycles. The lowest BCUT2D eigenvalue weighted by molar-refractivity contribution is 0.472. The standard InChI is InChI=1S/C39H26N8O13S4/c40-29-19-27-21(16-35(29)63(55,56)57)17-36(64(58,59)60)38(39(27)48)47-45-32-11-10-30(25-9-7-23(18-28(25)32)61(49,50)51)43-44-31-12-13-33(37-26(31)4-2-14-41-37)46-42-22-6-8-24-20(15-22)3-1-5-34(24)62(52,53)54/h1-19,48H,40H2,(H,49,50,51)(H,52,53,54)(H,55,56,57)(H,58,59,60)/b44-43+,46-42+,47-45+. The average molecular weight is 943 g/mol. The number of nitrogens with zero attached hydrogens (tertiary/aromatic N) is 7. The van der Waals surface area contributed by atoms with Gasteiger partial charge in [-0.3, -0.25) is 23.2 Å². The lowest BCUT2D eigenvalue weighted by Crippen LogP contribution is -2.04. The Kier molecular flexibility index (Phi) is 10.7. The molecule has 0 spiro atoms. The molecule has 0 atom stereocenters. The van der Waals surface area contributed by atoms with E-state index in [-0.39, 0.29) is 37.8 Å². The summed E-state index contributed by atoms with van der Waals surface area (Å²) in [6, 6.07) is 24.1. The highest BCUT2D eigenvalue weighted by molar-refractivity contribution is 7.86. The Morgan fingerprint density at radius 1 is 0.453 bits per heavy atom. The zero-order chi connectivity index (χ0) is 45.9. The third kappa shape index (κ3) is 8.47. The molecule has 25 heteroatoms. The number of hydrogen-bond acceptors (Lipinski definition) is 17. The van der Waals surface area contributed by atoms with Crippen LogP contribution >= 0.6 is 0 Å². The second-order valence-electron chi connectivity index (χ2n) is 13.7. The molecule has 0 amide bonds. The molecule has 0 fully saturated rings. The molecule has 0 unspecified atom stereocenters. The van der Waals surface area contributed by atoms with Gasteiger partial charge in [0.2, 0.25) is 0 Å². The summed E-state index contributed by atoms with van der Waals surface area (Å²) in [6.45, 7) is 0. The van der Waals surface area contributed by atoms with Crippen molar-refractivity contribution in [2.24, 2.45) is 30.7 Å². The van der Waals surface area contributed by atoms with Crippen molar-refractivity contribution in [2.45, 2.75) is 19.6 Å². The summed E-state index contributed by atoms with van der Waals surface area (Å²) in [6.07, 6.45) is 1.52. The molecule has 0 aliphatic heterocycles. The lowest BCUT2D eigenvalue weighted by Gasteiger charge is -2.11. The van der Waals surface area contributed by atoms with E-state index in [0.29, 0.717) is 38.7 Å². The van der Waals surface area contributed by atoms with Crippen molar-refractivity contribution >= 4 is 124 Å². The number of nitrogens with two attached hydrogens (primary N) is 1. The second kappa shape index (κ2) is 15.8. The first-order chi connectivity index (χ1) is 30.1. The molecule has 7 aromatic carbocycles.